The smallest absolute Gasteiger partial charge is 0.330 e. The van der Waals surface area contributed by atoms with Crippen LogP contribution in [0.25, 0.3) is 0 Å². The third kappa shape index (κ3) is 4.63. The first-order valence-electron chi connectivity index (χ1n) is 6.88. The fraction of sp³-hybridized carbons (Fsp3) is 0.385. The van der Waals surface area contributed by atoms with Gasteiger partial charge < -0.3 is 25.0 Å². The molecular formula is C13H18N8O3. The Hall–Kier alpha value is -3.24. The van der Waals surface area contributed by atoms with Crippen molar-refractivity contribution < 1.29 is 14.3 Å². The van der Waals surface area contributed by atoms with E-state index in [1.165, 1.54) is 12.1 Å². The molecule has 2 N–H and O–H groups in total. The number of aromatic nitrogens is 5. The van der Waals surface area contributed by atoms with E-state index in [9.17, 15) is 4.79 Å². The maximum Gasteiger partial charge on any atom is 0.330 e. The van der Waals surface area contributed by atoms with E-state index >= 15 is 0 Å². The van der Waals surface area contributed by atoms with Crippen molar-refractivity contribution in [2.75, 3.05) is 44.6 Å². The second-order valence-corrected chi connectivity index (χ2v) is 5.07. The number of rotatable bonds is 7. The van der Waals surface area contributed by atoms with Crippen molar-refractivity contribution in [1.82, 2.24) is 25.1 Å². The van der Waals surface area contributed by atoms with E-state index in [4.69, 9.17) is 15.2 Å². The average molecular weight is 334 g/mol. The number of amides is 1. The van der Waals surface area contributed by atoms with Crippen molar-refractivity contribution in [3.8, 4) is 17.8 Å². The molecule has 0 aliphatic carbocycles. The third-order valence-corrected chi connectivity index (χ3v) is 2.57. The van der Waals surface area contributed by atoms with E-state index in [1.54, 1.807) is 9.80 Å². The third-order valence-electron chi connectivity index (χ3n) is 2.57. The summed E-state index contributed by atoms with van der Waals surface area (Å²) in [6, 6.07) is 3.08. The summed E-state index contributed by atoms with van der Waals surface area (Å²) in [6.07, 6.45) is 0. The van der Waals surface area contributed by atoms with Gasteiger partial charge in [-0.3, -0.25) is 4.79 Å². The van der Waals surface area contributed by atoms with Crippen molar-refractivity contribution in [2.45, 2.75) is 0 Å². The number of anilines is 2. The van der Waals surface area contributed by atoms with Crippen LogP contribution in [0, 0.1) is 0 Å². The topological polar surface area (TPSA) is 132 Å². The molecule has 11 heteroatoms. The minimum Gasteiger partial charge on any atom is -0.466 e. The lowest BCUT2D eigenvalue weighted by Gasteiger charge is -2.15. The Labute approximate surface area is 138 Å². The van der Waals surface area contributed by atoms with Crippen LogP contribution >= 0.6 is 0 Å². The van der Waals surface area contributed by atoms with E-state index in [2.05, 4.69) is 25.1 Å². The second kappa shape index (κ2) is 7.35. The molecule has 0 aliphatic rings. The van der Waals surface area contributed by atoms with Crippen molar-refractivity contribution >= 4 is 17.8 Å². The molecule has 1 amide bonds. The SMILES string of the molecule is CN(C)c1nc(Oc2ccc(OCC(N)=O)nn2)nc(N(C)C)n1. The summed E-state index contributed by atoms with van der Waals surface area (Å²) in [5, 5.41) is 7.59. The van der Waals surface area contributed by atoms with Crippen molar-refractivity contribution in [1.29, 1.82) is 0 Å². The van der Waals surface area contributed by atoms with Crippen molar-refractivity contribution in [3.05, 3.63) is 12.1 Å². The van der Waals surface area contributed by atoms with Gasteiger partial charge in [0.05, 0.1) is 0 Å². The summed E-state index contributed by atoms with van der Waals surface area (Å²) in [5.74, 6) is 0.604. The Morgan fingerprint density at radius 2 is 1.54 bits per heavy atom. The molecule has 0 saturated heterocycles. The quantitative estimate of drug-likeness (QED) is 0.703. The monoisotopic (exact) mass is 334 g/mol. The van der Waals surface area contributed by atoms with Crippen LogP contribution in [0.15, 0.2) is 12.1 Å². The highest BCUT2D eigenvalue weighted by Crippen LogP contribution is 2.20. The van der Waals surface area contributed by atoms with E-state index in [-0.39, 0.29) is 24.4 Å². The number of primary amides is 1. The van der Waals surface area contributed by atoms with Crippen LogP contribution in [0.1, 0.15) is 0 Å². The Morgan fingerprint density at radius 1 is 1.00 bits per heavy atom. The summed E-state index contributed by atoms with van der Waals surface area (Å²) in [6.45, 7) is -0.277. The maximum absolute atomic E-state index is 10.6. The highest BCUT2D eigenvalue weighted by molar-refractivity contribution is 5.75. The molecule has 2 rings (SSSR count). The summed E-state index contributed by atoms with van der Waals surface area (Å²) >= 11 is 0. The Morgan fingerprint density at radius 3 is 2.00 bits per heavy atom. The standard InChI is InChI=1S/C13H18N8O3/c1-20(2)11-15-12(21(3)4)17-13(16-11)24-10-6-5-9(18-19-10)23-7-8(14)22/h5-6H,7H2,1-4H3,(H2,14,22). The Kier molecular flexibility index (Phi) is 5.24. The molecule has 0 unspecified atom stereocenters. The Bertz CT molecular complexity index is 679. The molecule has 0 atom stereocenters. The van der Waals surface area contributed by atoms with Crippen LogP contribution in [0.5, 0.6) is 17.8 Å². The van der Waals surface area contributed by atoms with Gasteiger partial charge in [0.2, 0.25) is 23.7 Å². The van der Waals surface area contributed by atoms with Crippen molar-refractivity contribution in [3.63, 3.8) is 0 Å². The number of nitrogens with two attached hydrogens (primary N) is 1. The number of hydrogen-bond donors (Lipinski definition) is 1. The van der Waals surface area contributed by atoms with Crippen molar-refractivity contribution in [2.24, 2.45) is 5.73 Å². The second-order valence-electron chi connectivity index (χ2n) is 5.07. The Balaban J connectivity index is 2.16. The lowest BCUT2D eigenvalue weighted by atomic mass is 10.5. The number of carbonyl (C=O) groups is 1. The van der Waals surface area contributed by atoms with E-state index < -0.39 is 5.91 Å². The summed E-state index contributed by atoms with van der Waals surface area (Å²) < 4.78 is 10.5. The minimum absolute atomic E-state index is 0.0810. The number of hydrogen-bond acceptors (Lipinski definition) is 10. The van der Waals surface area contributed by atoms with Crippen LogP contribution in [0.3, 0.4) is 0 Å². The summed E-state index contributed by atoms with van der Waals surface area (Å²) in [7, 11) is 7.24. The fourth-order valence-corrected chi connectivity index (χ4v) is 1.46. The summed E-state index contributed by atoms with van der Waals surface area (Å²) in [4.78, 5) is 26.8. The molecule has 11 nitrogen and oxygen atoms in total. The molecular weight excluding hydrogens is 316 g/mol. The average Bonchev–Trinajstić information content (AvgIpc) is 2.53. The molecule has 0 aromatic carbocycles. The zero-order valence-electron chi connectivity index (χ0n) is 13.8. The van der Waals surface area contributed by atoms with Gasteiger partial charge >= 0.3 is 6.01 Å². The predicted octanol–water partition coefficient (Wildman–Crippen LogP) is -0.550. The van der Waals surface area contributed by atoms with Gasteiger partial charge in [-0.15, -0.1) is 10.2 Å². The zero-order valence-corrected chi connectivity index (χ0v) is 13.8. The maximum atomic E-state index is 10.6. The number of ether oxygens (including phenoxy) is 2. The van der Waals surface area contributed by atoms with Gasteiger partial charge in [0.15, 0.2) is 6.61 Å². The molecule has 0 radical (unpaired) electrons. The molecule has 0 spiro atoms. The van der Waals surface area contributed by atoms with Gasteiger partial charge in [0.1, 0.15) is 0 Å². The van der Waals surface area contributed by atoms with Crippen LogP contribution in [0.2, 0.25) is 0 Å². The fourth-order valence-electron chi connectivity index (χ4n) is 1.46. The predicted molar refractivity (Wildman–Crippen MR) is 85.3 cm³/mol. The van der Waals surface area contributed by atoms with Gasteiger partial charge in [0, 0.05) is 40.3 Å². The largest absolute Gasteiger partial charge is 0.466 e. The molecule has 24 heavy (non-hydrogen) atoms. The van der Waals surface area contributed by atoms with Crippen LogP contribution in [-0.2, 0) is 4.79 Å². The van der Waals surface area contributed by atoms with E-state index in [0.717, 1.165) is 0 Å². The molecule has 0 saturated carbocycles. The zero-order chi connectivity index (χ0) is 17.7. The molecule has 0 aliphatic heterocycles. The van der Waals surface area contributed by atoms with Crippen LogP contribution in [0.4, 0.5) is 11.9 Å². The van der Waals surface area contributed by atoms with Crippen LogP contribution < -0.4 is 25.0 Å². The van der Waals surface area contributed by atoms with E-state index in [0.29, 0.717) is 11.9 Å². The molecule has 2 aromatic heterocycles. The van der Waals surface area contributed by atoms with Gasteiger partial charge in [-0.2, -0.15) is 15.0 Å². The molecule has 2 heterocycles. The lowest BCUT2D eigenvalue weighted by molar-refractivity contribution is -0.120. The molecule has 0 fully saturated rings. The first-order chi connectivity index (χ1) is 11.3. The first kappa shape index (κ1) is 17.1. The lowest BCUT2D eigenvalue weighted by Crippen LogP contribution is -2.20. The highest BCUT2D eigenvalue weighted by atomic mass is 16.5. The normalized spacial score (nSPS) is 10.2. The van der Waals surface area contributed by atoms with Crippen LogP contribution in [-0.4, -0.2) is 65.9 Å². The molecule has 128 valence electrons. The van der Waals surface area contributed by atoms with Gasteiger partial charge in [-0.1, -0.05) is 0 Å². The number of carbonyl (C=O) groups excluding carboxylic acids is 1. The van der Waals surface area contributed by atoms with E-state index in [1.807, 2.05) is 28.2 Å². The summed E-state index contributed by atoms with van der Waals surface area (Å²) in [5.41, 5.74) is 4.98. The van der Waals surface area contributed by atoms with Gasteiger partial charge in [-0.05, 0) is 0 Å². The molecule has 0 bridgehead atoms. The van der Waals surface area contributed by atoms with Gasteiger partial charge in [-0.25, -0.2) is 0 Å². The molecule has 2 aromatic rings. The highest BCUT2D eigenvalue weighted by Gasteiger charge is 2.12. The first-order valence-corrected chi connectivity index (χ1v) is 6.88. The minimum atomic E-state index is -0.602. The van der Waals surface area contributed by atoms with Gasteiger partial charge in [0.25, 0.3) is 5.91 Å². The number of nitrogens with zero attached hydrogens (tertiary/aromatic N) is 7.